The molecule has 2 atom stereocenters. The van der Waals surface area contributed by atoms with E-state index in [1.54, 1.807) is 33.8 Å². The van der Waals surface area contributed by atoms with Crippen LogP contribution in [0.2, 0.25) is 0 Å². The predicted molar refractivity (Wildman–Crippen MR) is 66.1 cm³/mol. The Labute approximate surface area is 107 Å². The molecular weight excluding hydrogens is 254 g/mol. The zero-order valence-electron chi connectivity index (χ0n) is 10.9. The van der Waals surface area contributed by atoms with Crippen LogP contribution in [-0.2, 0) is 10.0 Å². The van der Waals surface area contributed by atoms with Crippen LogP contribution in [0.3, 0.4) is 0 Å². The van der Waals surface area contributed by atoms with E-state index in [1.165, 1.54) is 0 Å². The summed E-state index contributed by atoms with van der Waals surface area (Å²) in [6.07, 6.45) is 0.250. The lowest BCUT2D eigenvalue weighted by Gasteiger charge is -2.16. The zero-order chi connectivity index (χ0) is 13.9. The van der Waals surface area contributed by atoms with Crippen molar-refractivity contribution in [2.24, 2.45) is 0 Å². The molecule has 6 nitrogen and oxygen atoms in total. The first-order chi connectivity index (χ1) is 8.33. The molecule has 0 aliphatic heterocycles. The van der Waals surface area contributed by atoms with Gasteiger partial charge in [0.25, 0.3) is 0 Å². The van der Waals surface area contributed by atoms with Gasteiger partial charge in [-0.2, -0.15) is 5.26 Å². The Morgan fingerprint density at radius 1 is 1.50 bits per heavy atom. The van der Waals surface area contributed by atoms with E-state index in [1.807, 2.05) is 0 Å². The fourth-order valence-corrected chi connectivity index (χ4v) is 3.23. The molecule has 0 bridgehead atoms. The Morgan fingerprint density at radius 2 is 2.11 bits per heavy atom. The molecule has 0 saturated heterocycles. The number of nitrogens with zero attached hydrogens (tertiary/aromatic N) is 2. The molecule has 1 N–H and O–H groups in total. The second-order valence-electron chi connectivity index (χ2n) is 4.15. The molecule has 1 aromatic rings. The van der Waals surface area contributed by atoms with Gasteiger partial charge in [0, 0.05) is 11.6 Å². The first kappa shape index (κ1) is 14.7. The third-order valence-corrected chi connectivity index (χ3v) is 4.62. The highest BCUT2D eigenvalue weighted by Gasteiger charge is 2.27. The summed E-state index contributed by atoms with van der Waals surface area (Å²) in [5.41, 5.74) is 1.36. The van der Waals surface area contributed by atoms with Crippen molar-refractivity contribution in [3.8, 4) is 6.07 Å². The number of nitrogens with one attached hydrogen (secondary N) is 1. The molecule has 0 amide bonds. The Balaban J connectivity index is 2.96. The van der Waals surface area contributed by atoms with E-state index in [0.29, 0.717) is 17.0 Å². The maximum Gasteiger partial charge on any atom is 0.228 e. The summed E-state index contributed by atoms with van der Waals surface area (Å²) in [6.45, 7) is 6.84. The van der Waals surface area contributed by atoms with Crippen LogP contribution in [0.25, 0.3) is 0 Å². The Hall–Kier alpha value is -1.39. The Kier molecular flexibility index (Phi) is 4.48. The normalized spacial score (nSPS) is 15.1. The number of aromatic nitrogens is 1. The minimum absolute atomic E-state index is 0.250. The summed E-state index contributed by atoms with van der Waals surface area (Å²) in [7, 11) is -3.66. The maximum atomic E-state index is 11.9. The van der Waals surface area contributed by atoms with Crippen LogP contribution in [0.4, 0.5) is 0 Å². The fourth-order valence-electron chi connectivity index (χ4n) is 1.88. The minimum atomic E-state index is -3.66. The molecule has 100 valence electrons. The summed E-state index contributed by atoms with van der Waals surface area (Å²) in [5, 5.41) is 11.6. The van der Waals surface area contributed by atoms with E-state index in [4.69, 9.17) is 9.78 Å². The number of rotatable bonds is 5. The van der Waals surface area contributed by atoms with Crippen molar-refractivity contribution in [2.75, 3.05) is 0 Å². The summed E-state index contributed by atoms with van der Waals surface area (Å²) in [4.78, 5) is 0. The van der Waals surface area contributed by atoms with E-state index < -0.39 is 21.3 Å². The molecule has 0 fully saturated rings. The number of nitriles is 1. The van der Waals surface area contributed by atoms with Crippen LogP contribution in [0.1, 0.15) is 43.3 Å². The van der Waals surface area contributed by atoms with Crippen LogP contribution >= 0.6 is 0 Å². The van der Waals surface area contributed by atoms with E-state index in [0.717, 1.165) is 0 Å². The van der Waals surface area contributed by atoms with Gasteiger partial charge in [-0.1, -0.05) is 12.1 Å². The molecule has 2 unspecified atom stereocenters. The van der Waals surface area contributed by atoms with Gasteiger partial charge >= 0.3 is 0 Å². The van der Waals surface area contributed by atoms with Gasteiger partial charge in [-0.3, -0.25) is 0 Å². The highest BCUT2D eigenvalue weighted by Crippen LogP contribution is 2.22. The van der Waals surface area contributed by atoms with Gasteiger partial charge in [0.1, 0.15) is 5.76 Å². The molecule has 0 radical (unpaired) electrons. The van der Waals surface area contributed by atoms with E-state index >= 15 is 0 Å². The lowest BCUT2D eigenvalue weighted by Crippen LogP contribution is -2.35. The Morgan fingerprint density at radius 3 is 2.50 bits per heavy atom. The second-order valence-corrected chi connectivity index (χ2v) is 6.04. The molecule has 0 spiro atoms. The van der Waals surface area contributed by atoms with E-state index in [-0.39, 0.29) is 6.42 Å². The van der Waals surface area contributed by atoms with Crippen molar-refractivity contribution in [3.05, 3.63) is 17.0 Å². The van der Waals surface area contributed by atoms with Gasteiger partial charge in [0.2, 0.25) is 10.0 Å². The van der Waals surface area contributed by atoms with Gasteiger partial charge in [0.05, 0.1) is 11.8 Å². The largest absolute Gasteiger partial charge is 0.361 e. The smallest absolute Gasteiger partial charge is 0.228 e. The molecule has 18 heavy (non-hydrogen) atoms. The lowest BCUT2D eigenvalue weighted by atomic mass is 10.1. The summed E-state index contributed by atoms with van der Waals surface area (Å²) < 4.78 is 31.4. The summed E-state index contributed by atoms with van der Waals surface area (Å²) in [6, 6.07) is 1.31. The maximum absolute atomic E-state index is 11.9. The quantitative estimate of drug-likeness (QED) is 0.877. The first-order valence-electron chi connectivity index (χ1n) is 5.67. The van der Waals surface area contributed by atoms with E-state index in [9.17, 15) is 8.42 Å². The monoisotopic (exact) mass is 271 g/mol. The summed E-state index contributed by atoms with van der Waals surface area (Å²) in [5.74, 6) is 0.577. The molecule has 1 heterocycles. The van der Waals surface area contributed by atoms with Crippen molar-refractivity contribution in [1.82, 2.24) is 9.88 Å². The number of sulfonamides is 1. The minimum Gasteiger partial charge on any atom is -0.361 e. The Bertz CT molecular complexity index is 537. The van der Waals surface area contributed by atoms with Crippen LogP contribution in [0.15, 0.2) is 4.52 Å². The topological polar surface area (TPSA) is 96.0 Å². The average Bonchev–Trinajstić information content (AvgIpc) is 2.58. The highest BCUT2D eigenvalue weighted by molar-refractivity contribution is 7.90. The molecule has 7 heteroatoms. The van der Waals surface area contributed by atoms with Gasteiger partial charge in [-0.25, -0.2) is 13.1 Å². The zero-order valence-corrected chi connectivity index (χ0v) is 11.7. The SMILES string of the molecule is CCC(C#N)S(=O)(=O)NC(C)c1c(C)noc1C. The predicted octanol–water partition coefficient (Wildman–Crippen LogP) is 1.57. The molecule has 1 rings (SSSR count). The van der Waals surface area contributed by atoms with Crippen molar-refractivity contribution in [2.45, 2.75) is 45.4 Å². The van der Waals surface area contributed by atoms with Gasteiger partial charge in [-0.15, -0.1) is 0 Å². The van der Waals surface area contributed by atoms with Crippen molar-refractivity contribution in [1.29, 1.82) is 5.26 Å². The van der Waals surface area contributed by atoms with Crippen molar-refractivity contribution < 1.29 is 12.9 Å². The second kappa shape index (κ2) is 5.50. The molecule has 0 aliphatic rings. The van der Waals surface area contributed by atoms with Crippen molar-refractivity contribution >= 4 is 10.0 Å². The number of hydrogen-bond acceptors (Lipinski definition) is 5. The van der Waals surface area contributed by atoms with Crippen LogP contribution in [0.5, 0.6) is 0 Å². The standard InChI is InChI=1S/C11H17N3O3S/c1-5-10(6-12)18(15,16)14-8(3)11-7(2)13-17-9(11)4/h8,10,14H,5H2,1-4H3. The third-order valence-electron chi connectivity index (χ3n) is 2.75. The van der Waals surface area contributed by atoms with Gasteiger partial charge < -0.3 is 4.52 Å². The summed E-state index contributed by atoms with van der Waals surface area (Å²) >= 11 is 0. The molecule has 0 aromatic carbocycles. The van der Waals surface area contributed by atoms with Crippen LogP contribution < -0.4 is 4.72 Å². The van der Waals surface area contributed by atoms with Crippen LogP contribution in [0, 0.1) is 25.2 Å². The number of hydrogen-bond donors (Lipinski definition) is 1. The lowest BCUT2D eigenvalue weighted by molar-refractivity contribution is 0.391. The number of aryl methyl sites for hydroxylation is 2. The van der Waals surface area contributed by atoms with Crippen molar-refractivity contribution in [3.63, 3.8) is 0 Å². The molecule has 0 saturated carbocycles. The fraction of sp³-hybridized carbons (Fsp3) is 0.636. The highest BCUT2D eigenvalue weighted by atomic mass is 32.2. The average molecular weight is 271 g/mol. The van der Waals surface area contributed by atoms with Crippen LogP contribution in [-0.4, -0.2) is 18.8 Å². The van der Waals surface area contributed by atoms with Gasteiger partial charge in [0.15, 0.2) is 5.25 Å². The first-order valence-corrected chi connectivity index (χ1v) is 7.21. The van der Waals surface area contributed by atoms with E-state index in [2.05, 4.69) is 9.88 Å². The molecular formula is C11H17N3O3S. The molecule has 1 aromatic heterocycles. The third kappa shape index (κ3) is 2.89. The van der Waals surface area contributed by atoms with Gasteiger partial charge in [-0.05, 0) is 27.2 Å². The molecule has 0 aliphatic carbocycles.